The molecule has 3 nitrogen and oxygen atoms in total. The second kappa shape index (κ2) is 5.63. The minimum absolute atomic E-state index is 0.0985. The summed E-state index contributed by atoms with van der Waals surface area (Å²) in [6, 6.07) is 0.0985. The van der Waals surface area contributed by atoms with E-state index in [1.54, 1.807) is 13.8 Å². The molecule has 0 aliphatic rings. The normalized spacial score (nSPS) is 14.4. The van der Waals surface area contributed by atoms with E-state index in [-0.39, 0.29) is 6.04 Å². The van der Waals surface area contributed by atoms with Crippen molar-refractivity contribution in [3.05, 3.63) is 0 Å². The molecule has 0 saturated carbocycles. The highest BCUT2D eigenvalue weighted by molar-refractivity contribution is 7.80. The van der Waals surface area contributed by atoms with E-state index in [2.05, 4.69) is 11.8 Å². The molecule has 14 heavy (non-hydrogen) atoms. The van der Waals surface area contributed by atoms with Crippen molar-refractivity contribution in [2.45, 2.75) is 45.8 Å². The highest BCUT2D eigenvalue weighted by atomic mass is 32.1. The van der Waals surface area contributed by atoms with E-state index in [4.69, 9.17) is 18.0 Å². The Kier molecular flexibility index (Phi) is 5.56. The molecule has 1 unspecified atom stereocenters. The number of hydrogen-bond donors (Lipinski definition) is 2. The Morgan fingerprint density at radius 1 is 1.50 bits per heavy atom. The summed E-state index contributed by atoms with van der Waals surface area (Å²) in [5.74, 6) is 0. The van der Waals surface area contributed by atoms with Gasteiger partial charge in [0.2, 0.25) is 0 Å². The van der Waals surface area contributed by atoms with Gasteiger partial charge in [-0.2, -0.15) is 0 Å². The monoisotopic (exact) mass is 218 g/mol. The summed E-state index contributed by atoms with van der Waals surface area (Å²) in [6.45, 7) is 9.13. The molecule has 4 heteroatoms. The molecule has 0 fully saturated rings. The van der Waals surface area contributed by atoms with Crippen LogP contribution in [-0.4, -0.2) is 39.7 Å². The first-order valence-corrected chi connectivity index (χ1v) is 5.48. The number of rotatable bonds is 6. The van der Waals surface area contributed by atoms with E-state index in [0.29, 0.717) is 11.5 Å². The Labute approximate surface area is 92.3 Å². The summed E-state index contributed by atoms with van der Waals surface area (Å²) in [4.78, 5) is 2.63. The summed E-state index contributed by atoms with van der Waals surface area (Å²) in [6.07, 6.45) is 0.888. The summed E-state index contributed by atoms with van der Waals surface area (Å²) in [7, 11) is 0. The van der Waals surface area contributed by atoms with E-state index in [0.717, 1.165) is 13.0 Å². The van der Waals surface area contributed by atoms with Crippen LogP contribution in [0, 0.1) is 0 Å². The average Bonchev–Trinajstić information content (AvgIpc) is 2.00. The molecule has 0 aliphatic heterocycles. The fourth-order valence-electron chi connectivity index (χ4n) is 1.58. The molecule has 0 aromatic heterocycles. The van der Waals surface area contributed by atoms with Crippen LogP contribution >= 0.6 is 12.2 Å². The fraction of sp³-hybridized carbons (Fsp3) is 0.900. The second-order valence-corrected chi connectivity index (χ2v) is 4.67. The van der Waals surface area contributed by atoms with Crippen molar-refractivity contribution in [2.24, 2.45) is 5.73 Å². The van der Waals surface area contributed by atoms with Gasteiger partial charge in [0, 0.05) is 6.54 Å². The van der Waals surface area contributed by atoms with Gasteiger partial charge in [-0.25, -0.2) is 0 Å². The molecular formula is C10H22N2OS. The minimum atomic E-state index is -0.700. The lowest BCUT2D eigenvalue weighted by Gasteiger charge is -2.33. The third kappa shape index (κ3) is 4.88. The Morgan fingerprint density at radius 2 is 2.00 bits per heavy atom. The van der Waals surface area contributed by atoms with Crippen LogP contribution in [0.1, 0.15) is 34.1 Å². The Hall–Kier alpha value is -0.190. The van der Waals surface area contributed by atoms with Gasteiger partial charge in [0.25, 0.3) is 0 Å². The third-order valence-electron chi connectivity index (χ3n) is 2.15. The summed E-state index contributed by atoms with van der Waals surface area (Å²) in [5, 5.41) is 9.72. The molecule has 0 radical (unpaired) electrons. The average molecular weight is 218 g/mol. The first kappa shape index (κ1) is 13.8. The maximum atomic E-state index is 9.72. The first-order chi connectivity index (χ1) is 6.31. The van der Waals surface area contributed by atoms with Crippen molar-refractivity contribution in [3.63, 3.8) is 0 Å². The van der Waals surface area contributed by atoms with E-state index in [9.17, 15) is 5.11 Å². The molecule has 0 aromatic carbocycles. The maximum Gasteiger partial charge on any atom is 0.0901 e. The van der Waals surface area contributed by atoms with E-state index in [1.807, 2.05) is 6.92 Å². The maximum absolute atomic E-state index is 9.72. The van der Waals surface area contributed by atoms with Crippen molar-refractivity contribution in [1.82, 2.24) is 4.90 Å². The molecule has 0 aromatic rings. The predicted octanol–water partition coefficient (Wildman–Crippen LogP) is 1.14. The molecule has 0 amide bonds. The van der Waals surface area contributed by atoms with Crippen LogP contribution in [0.15, 0.2) is 0 Å². The van der Waals surface area contributed by atoms with Gasteiger partial charge in [-0.1, -0.05) is 26.1 Å². The van der Waals surface area contributed by atoms with Crippen molar-refractivity contribution in [1.29, 1.82) is 0 Å². The van der Waals surface area contributed by atoms with Crippen LogP contribution in [0.4, 0.5) is 0 Å². The molecule has 1 atom stereocenters. The van der Waals surface area contributed by atoms with Gasteiger partial charge in [-0.3, -0.25) is 4.90 Å². The fourth-order valence-corrected chi connectivity index (χ4v) is 1.89. The van der Waals surface area contributed by atoms with Crippen molar-refractivity contribution >= 4 is 17.2 Å². The Balaban J connectivity index is 4.45. The molecule has 0 spiro atoms. The van der Waals surface area contributed by atoms with Crippen LogP contribution in [0.3, 0.4) is 0 Å². The number of hydrogen-bond acceptors (Lipinski definition) is 3. The third-order valence-corrected chi connectivity index (χ3v) is 2.42. The van der Waals surface area contributed by atoms with E-state index in [1.165, 1.54) is 0 Å². The lowest BCUT2D eigenvalue weighted by molar-refractivity contribution is 0.0314. The molecule has 0 aliphatic carbocycles. The summed E-state index contributed by atoms with van der Waals surface area (Å²) in [5.41, 5.74) is 4.95. The SMILES string of the molecule is CCC(C(N)=S)N(CC)CC(C)(C)O. The highest BCUT2D eigenvalue weighted by Gasteiger charge is 2.24. The Morgan fingerprint density at radius 3 is 2.21 bits per heavy atom. The largest absolute Gasteiger partial charge is 0.392 e. The van der Waals surface area contributed by atoms with Gasteiger partial charge in [-0.15, -0.1) is 0 Å². The van der Waals surface area contributed by atoms with Crippen LogP contribution in [-0.2, 0) is 0 Å². The first-order valence-electron chi connectivity index (χ1n) is 5.07. The number of nitrogens with zero attached hydrogens (tertiary/aromatic N) is 1. The molecular weight excluding hydrogens is 196 g/mol. The molecule has 3 N–H and O–H groups in total. The molecule has 0 bridgehead atoms. The van der Waals surface area contributed by atoms with Crippen molar-refractivity contribution in [3.8, 4) is 0 Å². The van der Waals surface area contributed by atoms with Gasteiger partial charge in [0.05, 0.1) is 16.6 Å². The van der Waals surface area contributed by atoms with Gasteiger partial charge >= 0.3 is 0 Å². The zero-order valence-corrected chi connectivity index (χ0v) is 10.4. The van der Waals surface area contributed by atoms with E-state index < -0.39 is 5.60 Å². The molecule has 0 heterocycles. The standard InChI is InChI=1S/C10H22N2OS/c1-5-8(9(11)14)12(6-2)7-10(3,4)13/h8,13H,5-7H2,1-4H3,(H2,11,14). The lowest BCUT2D eigenvalue weighted by atomic mass is 10.1. The quantitative estimate of drug-likeness (QED) is 0.657. The second-order valence-electron chi connectivity index (χ2n) is 4.20. The number of likely N-dealkylation sites (N-methyl/N-ethyl adjacent to an activating group) is 1. The molecule has 84 valence electrons. The lowest BCUT2D eigenvalue weighted by Crippen LogP contribution is -2.49. The number of aliphatic hydroxyl groups is 1. The smallest absolute Gasteiger partial charge is 0.0901 e. The van der Waals surface area contributed by atoms with Crippen LogP contribution in [0.5, 0.6) is 0 Å². The van der Waals surface area contributed by atoms with Gasteiger partial charge in [0.15, 0.2) is 0 Å². The predicted molar refractivity (Wildman–Crippen MR) is 64.4 cm³/mol. The van der Waals surface area contributed by atoms with Crippen LogP contribution in [0.2, 0.25) is 0 Å². The van der Waals surface area contributed by atoms with Crippen LogP contribution in [0.25, 0.3) is 0 Å². The molecule has 0 saturated heterocycles. The molecule has 0 rings (SSSR count). The zero-order valence-electron chi connectivity index (χ0n) is 9.58. The van der Waals surface area contributed by atoms with Crippen molar-refractivity contribution in [2.75, 3.05) is 13.1 Å². The zero-order chi connectivity index (χ0) is 11.4. The highest BCUT2D eigenvalue weighted by Crippen LogP contribution is 2.11. The van der Waals surface area contributed by atoms with E-state index >= 15 is 0 Å². The number of thiocarbonyl (C=S) groups is 1. The van der Waals surface area contributed by atoms with Gasteiger partial charge in [0.1, 0.15) is 0 Å². The van der Waals surface area contributed by atoms with Crippen LogP contribution < -0.4 is 5.73 Å². The summed E-state index contributed by atoms with van der Waals surface area (Å²) >= 11 is 5.00. The van der Waals surface area contributed by atoms with Crippen molar-refractivity contribution < 1.29 is 5.11 Å². The minimum Gasteiger partial charge on any atom is -0.392 e. The summed E-state index contributed by atoms with van der Waals surface area (Å²) < 4.78 is 0. The van der Waals surface area contributed by atoms with Gasteiger partial charge < -0.3 is 10.8 Å². The van der Waals surface area contributed by atoms with Gasteiger partial charge in [-0.05, 0) is 26.8 Å². The number of nitrogens with two attached hydrogens (primary N) is 1. The topological polar surface area (TPSA) is 49.5 Å². The Bertz CT molecular complexity index is 189.